The molecular weight excluding hydrogens is 230 g/mol. The molecule has 1 N–H and O–H groups in total. The Morgan fingerprint density at radius 3 is 2.22 bits per heavy atom. The Morgan fingerprint density at radius 1 is 1.11 bits per heavy atom. The molecule has 0 atom stereocenters. The van der Waals surface area contributed by atoms with Crippen LogP contribution < -0.4 is 5.32 Å². The summed E-state index contributed by atoms with van der Waals surface area (Å²) in [6.07, 6.45) is 7.89. The van der Waals surface area contributed by atoms with Gasteiger partial charge in [-0.3, -0.25) is 4.79 Å². The van der Waals surface area contributed by atoms with Crippen molar-refractivity contribution in [1.82, 2.24) is 5.32 Å². The van der Waals surface area contributed by atoms with Crippen LogP contribution in [-0.2, 0) is 4.79 Å². The quantitative estimate of drug-likeness (QED) is 0.280. The van der Waals surface area contributed by atoms with Gasteiger partial charge >= 0.3 is 0 Å². The molecule has 0 saturated heterocycles. The molecule has 0 saturated carbocycles. The van der Waals surface area contributed by atoms with Crippen LogP contribution in [0.2, 0.25) is 0 Å². The van der Waals surface area contributed by atoms with E-state index in [0.29, 0.717) is 6.54 Å². The molecule has 1 amide bonds. The van der Waals surface area contributed by atoms with Gasteiger partial charge in [-0.25, -0.2) is 0 Å². The molecule has 0 spiro atoms. The topological polar surface area (TPSA) is 64.5 Å². The number of carbonyl (C=O) groups is 1. The van der Waals surface area contributed by atoms with Crippen molar-refractivity contribution in [2.24, 2.45) is 5.16 Å². The van der Waals surface area contributed by atoms with Gasteiger partial charge < -0.3 is 20.2 Å². The van der Waals surface area contributed by atoms with Crippen LogP contribution in [0, 0.1) is 5.21 Å². The normalized spacial score (nSPS) is 11.9. The molecule has 0 radical (unpaired) electrons. The van der Waals surface area contributed by atoms with Gasteiger partial charge in [0.25, 0.3) is 5.91 Å². The van der Waals surface area contributed by atoms with Gasteiger partial charge in [0.2, 0.25) is 0 Å². The molecule has 0 aromatic heterocycles. The molecule has 0 rings (SSSR count). The Bertz CT molecular complexity index is 247. The van der Waals surface area contributed by atoms with Crippen molar-refractivity contribution in [2.75, 3.05) is 34.2 Å². The predicted octanol–water partition coefficient (Wildman–Crippen LogP) is 1.72. The summed E-state index contributed by atoms with van der Waals surface area (Å²) < 4.78 is 1.04. The second-order valence-electron chi connectivity index (χ2n) is 5.66. The van der Waals surface area contributed by atoms with Gasteiger partial charge in [-0.05, 0) is 19.3 Å². The highest BCUT2D eigenvalue weighted by molar-refractivity contribution is 6.26. The van der Waals surface area contributed by atoms with Crippen molar-refractivity contribution in [1.29, 1.82) is 0 Å². The maximum atomic E-state index is 10.8. The number of nitrogens with one attached hydrogen (secondary N) is 1. The first-order valence-electron chi connectivity index (χ1n) is 6.69. The minimum Gasteiger partial charge on any atom is -0.792 e. The summed E-state index contributed by atoms with van der Waals surface area (Å²) in [6.45, 7) is 1.86. The smallest absolute Gasteiger partial charge is 0.261 e. The SMILES string of the molecule is C[N+](C)(C)CCCCCCCCNC(=O)/C=N/[O-]. The highest BCUT2D eigenvalue weighted by Gasteiger charge is 2.04. The number of nitrogens with zero attached hydrogens (tertiary/aromatic N) is 2. The van der Waals surface area contributed by atoms with Gasteiger partial charge in [-0.1, -0.05) is 19.3 Å². The number of quaternary nitrogens is 1. The molecule has 0 aromatic rings. The number of rotatable bonds is 10. The van der Waals surface area contributed by atoms with Crippen LogP contribution in [-0.4, -0.2) is 50.8 Å². The lowest BCUT2D eigenvalue weighted by Gasteiger charge is -2.23. The summed E-state index contributed by atoms with van der Waals surface area (Å²) in [7, 11) is 6.65. The molecule has 0 unspecified atom stereocenters. The van der Waals surface area contributed by atoms with Gasteiger partial charge in [-0.2, -0.15) is 0 Å². The summed E-state index contributed by atoms with van der Waals surface area (Å²) in [5.74, 6) is -0.395. The van der Waals surface area contributed by atoms with Gasteiger partial charge in [-0.15, -0.1) is 0 Å². The van der Waals surface area contributed by atoms with E-state index >= 15 is 0 Å². The van der Waals surface area contributed by atoms with E-state index in [-0.39, 0.29) is 0 Å². The maximum absolute atomic E-state index is 10.8. The third-order valence-corrected chi connectivity index (χ3v) is 2.72. The Balaban J connectivity index is 3.19. The average Bonchev–Trinajstić information content (AvgIpc) is 2.25. The van der Waals surface area contributed by atoms with Crippen LogP contribution in [0.5, 0.6) is 0 Å². The fourth-order valence-electron chi connectivity index (χ4n) is 1.72. The lowest BCUT2D eigenvalue weighted by atomic mass is 10.1. The number of unbranched alkanes of at least 4 members (excludes halogenated alkanes) is 5. The largest absolute Gasteiger partial charge is 0.792 e. The van der Waals surface area contributed by atoms with E-state index in [9.17, 15) is 10.0 Å². The molecule has 18 heavy (non-hydrogen) atoms. The standard InChI is InChI=1S/C13H27N3O2/c1-16(2,3)11-9-7-5-4-6-8-10-14-13(17)12-15-18/h12H,4-11H2,1-3H3,(H-,14,17,18). The van der Waals surface area contributed by atoms with Gasteiger partial charge in [0.1, 0.15) is 0 Å². The van der Waals surface area contributed by atoms with Crippen molar-refractivity contribution in [3.63, 3.8) is 0 Å². The number of amides is 1. The highest BCUT2D eigenvalue weighted by atomic mass is 16.4. The Hall–Kier alpha value is -1.10. The van der Waals surface area contributed by atoms with Crippen LogP contribution in [0.25, 0.3) is 0 Å². The number of hydrogen-bond acceptors (Lipinski definition) is 3. The van der Waals surface area contributed by atoms with Crippen LogP contribution in [0.15, 0.2) is 5.16 Å². The van der Waals surface area contributed by atoms with Gasteiger partial charge in [0.05, 0.1) is 33.9 Å². The van der Waals surface area contributed by atoms with Gasteiger partial charge in [0.15, 0.2) is 0 Å². The minimum absolute atomic E-state index is 0.395. The molecule has 0 heterocycles. The number of hydrogen-bond donors (Lipinski definition) is 1. The fraction of sp³-hybridized carbons (Fsp3) is 0.846. The van der Waals surface area contributed by atoms with E-state index < -0.39 is 5.91 Å². The van der Waals surface area contributed by atoms with E-state index in [1.165, 1.54) is 32.2 Å². The average molecular weight is 257 g/mol. The zero-order chi connectivity index (χ0) is 13.9. The van der Waals surface area contributed by atoms with E-state index in [0.717, 1.165) is 23.5 Å². The van der Waals surface area contributed by atoms with Crippen LogP contribution in [0.3, 0.4) is 0 Å². The third-order valence-electron chi connectivity index (χ3n) is 2.72. The Labute approximate surface area is 110 Å². The molecule has 5 heteroatoms. The first kappa shape index (κ1) is 16.9. The first-order valence-corrected chi connectivity index (χ1v) is 6.69. The monoisotopic (exact) mass is 257 g/mol. The van der Waals surface area contributed by atoms with Crippen molar-refractivity contribution >= 4 is 12.1 Å². The first-order chi connectivity index (χ1) is 8.45. The van der Waals surface area contributed by atoms with Gasteiger partial charge in [0, 0.05) is 6.54 Å². The number of carbonyl (C=O) groups excluding carboxylic acids is 1. The molecule has 5 nitrogen and oxygen atoms in total. The Kier molecular flexibility index (Phi) is 9.28. The van der Waals surface area contributed by atoms with Crippen molar-refractivity contribution < 1.29 is 9.28 Å². The van der Waals surface area contributed by atoms with E-state index in [1.54, 1.807) is 0 Å². The molecule has 0 aliphatic heterocycles. The van der Waals surface area contributed by atoms with E-state index in [1.807, 2.05) is 0 Å². The zero-order valence-corrected chi connectivity index (χ0v) is 11.9. The fourth-order valence-corrected chi connectivity index (χ4v) is 1.72. The maximum Gasteiger partial charge on any atom is 0.261 e. The van der Waals surface area contributed by atoms with Crippen molar-refractivity contribution in [3.8, 4) is 0 Å². The second-order valence-corrected chi connectivity index (χ2v) is 5.66. The van der Waals surface area contributed by atoms with E-state index in [4.69, 9.17) is 0 Å². The highest BCUT2D eigenvalue weighted by Crippen LogP contribution is 2.06. The lowest BCUT2D eigenvalue weighted by Crippen LogP contribution is -2.35. The molecule has 0 fully saturated rings. The zero-order valence-electron chi connectivity index (χ0n) is 11.9. The van der Waals surface area contributed by atoms with Crippen LogP contribution in [0.4, 0.5) is 0 Å². The predicted molar refractivity (Wildman–Crippen MR) is 75.5 cm³/mol. The summed E-state index contributed by atoms with van der Waals surface area (Å²) in [5.41, 5.74) is 0. The molecule has 0 aliphatic carbocycles. The summed E-state index contributed by atoms with van der Waals surface area (Å²) in [6, 6.07) is 0. The second kappa shape index (κ2) is 9.88. The van der Waals surface area contributed by atoms with Crippen LogP contribution in [0.1, 0.15) is 38.5 Å². The third kappa shape index (κ3) is 13.0. The molecule has 106 valence electrons. The summed E-state index contributed by atoms with van der Waals surface area (Å²) >= 11 is 0. The minimum atomic E-state index is -0.395. The summed E-state index contributed by atoms with van der Waals surface area (Å²) in [5, 5.41) is 14.8. The molecule has 0 bridgehead atoms. The molecule has 0 aliphatic rings. The molecular formula is C13H27N3O2. The van der Waals surface area contributed by atoms with Crippen molar-refractivity contribution in [3.05, 3.63) is 5.21 Å². The van der Waals surface area contributed by atoms with Crippen molar-refractivity contribution in [2.45, 2.75) is 38.5 Å². The lowest BCUT2D eigenvalue weighted by molar-refractivity contribution is -0.870. The van der Waals surface area contributed by atoms with E-state index in [2.05, 4.69) is 31.6 Å². The Morgan fingerprint density at radius 2 is 1.67 bits per heavy atom. The summed E-state index contributed by atoms with van der Waals surface area (Å²) in [4.78, 5) is 10.8. The van der Waals surface area contributed by atoms with Crippen LogP contribution >= 0.6 is 0 Å². The molecule has 0 aromatic carbocycles.